The summed E-state index contributed by atoms with van der Waals surface area (Å²) in [6, 6.07) is 0. The molecule has 1 N–H and O–H groups in total. The summed E-state index contributed by atoms with van der Waals surface area (Å²) in [6.45, 7) is 12.3. The quantitative estimate of drug-likeness (QED) is 0.764. The third-order valence-electron chi connectivity index (χ3n) is 4.22. The number of hydrogen-bond acceptors (Lipinski definition) is 2. The topological polar surface area (TPSA) is 21.3 Å². The highest BCUT2D eigenvalue weighted by Gasteiger charge is 2.38. The van der Waals surface area contributed by atoms with Gasteiger partial charge in [-0.05, 0) is 65.7 Å². The highest BCUT2D eigenvalue weighted by Crippen LogP contribution is 2.45. The predicted molar refractivity (Wildman–Crippen MR) is 74.4 cm³/mol. The second kappa shape index (κ2) is 5.27. The van der Waals surface area contributed by atoms with E-state index >= 15 is 0 Å². The van der Waals surface area contributed by atoms with Crippen molar-refractivity contribution in [3.05, 3.63) is 0 Å². The van der Waals surface area contributed by atoms with E-state index in [1.165, 1.54) is 25.7 Å². The molecule has 0 radical (unpaired) electrons. The van der Waals surface area contributed by atoms with E-state index in [0.29, 0.717) is 5.41 Å². The largest absolute Gasteiger partial charge is 0.379 e. The van der Waals surface area contributed by atoms with Crippen LogP contribution in [0.3, 0.4) is 0 Å². The second-order valence-electron chi connectivity index (χ2n) is 7.42. The highest BCUT2D eigenvalue weighted by atomic mass is 16.5. The Morgan fingerprint density at radius 3 is 2.06 bits per heavy atom. The van der Waals surface area contributed by atoms with Gasteiger partial charge in [0.25, 0.3) is 0 Å². The van der Waals surface area contributed by atoms with Crippen molar-refractivity contribution in [3.63, 3.8) is 0 Å². The molecule has 1 saturated carbocycles. The summed E-state index contributed by atoms with van der Waals surface area (Å²) < 4.78 is 5.53. The lowest BCUT2D eigenvalue weighted by Gasteiger charge is -2.45. The number of rotatable bonds is 6. The van der Waals surface area contributed by atoms with Crippen LogP contribution in [0.15, 0.2) is 0 Å². The molecule has 17 heavy (non-hydrogen) atoms. The Hall–Kier alpha value is -0.0800. The summed E-state index contributed by atoms with van der Waals surface area (Å²) >= 11 is 0. The SMILES string of the molecule is COC(C)(C)CCC1(CNC(C)(C)C)CCC1. The molecule has 1 rings (SSSR count). The second-order valence-corrected chi connectivity index (χ2v) is 7.42. The van der Waals surface area contributed by atoms with Gasteiger partial charge in [0.1, 0.15) is 0 Å². The minimum absolute atomic E-state index is 0.0321. The Bertz CT molecular complexity index is 236. The molecule has 0 aromatic heterocycles. The molecule has 0 spiro atoms. The molecule has 1 aliphatic rings. The first-order chi connectivity index (χ1) is 7.68. The zero-order chi connectivity index (χ0) is 13.2. The fourth-order valence-electron chi connectivity index (χ4n) is 2.31. The number of nitrogens with one attached hydrogen (secondary N) is 1. The van der Waals surface area contributed by atoms with Gasteiger partial charge in [-0.15, -0.1) is 0 Å². The monoisotopic (exact) mass is 241 g/mol. The van der Waals surface area contributed by atoms with Crippen LogP contribution in [0, 0.1) is 5.41 Å². The minimum atomic E-state index is 0.0321. The third-order valence-corrected chi connectivity index (χ3v) is 4.22. The van der Waals surface area contributed by atoms with E-state index in [2.05, 4.69) is 39.9 Å². The van der Waals surface area contributed by atoms with Gasteiger partial charge in [0, 0.05) is 19.2 Å². The summed E-state index contributed by atoms with van der Waals surface area (Å²) in [4.78, 5) is 0. The van der Waals surface area contributed by atoms with Gasteiger partial charge in [-0.2, -0.15) is 0 Å². The Kier molecular flexibility index (Phi) is 4.65. The lowest BCUT2D eigenvalue weighted by molar-refractivity contribution is -0.00848. The molecule has 0 aromatic carbocycles. The summed E-state index contributed by atoms with van der Waals surface area (Å²) in [5, 5.41) is 3.68. The fourth-order valence-corrected chi connectivity index (χ4v) is 2.31. The standard InChI is InChI=1S/C15H31NO/c1-13(2,3)16-12-15(8-7-9-15)11-10-14(4,5)17-6/h16H,7-12H2,1-6H3. The molecule has 1 aliphatic carbocycles. The van der Waals surface area contributed by atoms with Crippen LogP contribution in [0.1, 0.15) is 66.7 Å². The predicted octanol–water partition coefficient (Wildman–Crippen LogP) is 3.75. The smallest absolute Gasteiger partial charge is 0.0623 e. The van der Waals surface area contributed by atoms with Crippen LogP contribution in [0.2, 0.25) is 0 Å². The van der Waals surface area contributed by atoms with E-state index in [1.54, 1.807) is 0 Å². The van der Waals surface area contributed by atoms with Crippen molar-refractivity contribution in [2.24, 2.45) is 5.41 Å². The van der Waals surface area contributed by atoms with E-state index in [0.717, 1.165) is 13.0 Å². The first kappa shape index (κ1) is 15.0. The lowest BCUT2D eigenvalue weighted by Crippen LogP contribution is -2.47. The molecule has 0 aliphatic heterocycles. The minimum Gasteiger partial charge on any atom is -0.379 e. The molecular weight excluding hydrogens is 210 g/mol. The molecule has 2 heteroatoms. The van der Waals surface area contributed by atoms with Gasteiger partial charge < -0.3 is 10.1 Å². The molecular formula is C15H31NO. The third kappa shape index (κ3) is 4.97. The van der Waals surface area contributed by atoms with E-state index in [-0.39, 0.29) is 11.1 Å². The fraction of sp³-hybridized carbons (Fsp3) is 1.00. The maximum absolute atomic E-state index is 5.53. The maximum atomic E-state index is 5.53. The van der Waals surface area contributed by atoms with Crippen LogP contribution in [0.4, 0.5) is 0 Å². The van der Waals surface area contributed by atoms with Crippen molar-refractivity contribution < 1.29 is 4.74 Å². The Balaban J connectivity index is 2.41. The lowest BCUT2D eigenvalue weighted by atomic mass is 9.65. The van der Waals surface area contributed by atoms with Crippen LogP contribution >= 0.6 is 0 Å². The molecule has 0 unspecified atom stereocenters. The summed E-state index contributed by atoms with van der Waals surface area (Å²) in [7, 11) is 1.82. The first-order valence-corrected chi connectivity index (χ1v) is 6.98. The van der Waals surface area contributed by atoms with E-state index in [4.69, 9.17) is 4.74 Å². The van der Waals surface area contributed by atoms with Crippen LogP contribution in [-0.2, 0) is 4.74 Å². The van der Waals surface area contributed by atoms with Crippen LogP contribution in [0.5, 0.6) is 0 Å². The van der Waals surface area contributed by atoms with Gasteiger partial charge in [-0.1, -0.05) is 6.42 Å². The van der Waals surface area contributed by atoms with Crippen molar-refractivity contribution >= 4 is 0 Å². The van der Waals surface area contributed by atoms with Crippen molar-refractivity contribution in [1.29, 1.82) is 0 Å². The average Bonchev–Trinajstić information content (AvgIpc) is 2.14. The number of hydrogen-bond donors (Lipinski definition) is 1. The molecule has 0 aromatic rings. The normalized spacial score (nSPS) is 20.1. The zero-order valence-electron chi connectivity index (χ0n) is 12.7. The van der Waals surface area contributed by atoms with Crippen molar-refractivity contribution in [1.82, 2.24) is 5.32 Å². The Morgan fingerprint density at radius 2 is 1.71 bits per heavy atom. The maximum Gasteiger partial charge on any atom is 0.0623 e. The summed E-state index contributed by atoms with van der Waals surface area (Å²) in [5.74, 6) is 0. The van der Waals surface area contributed by atoms with Gasteiger partial charge in [-0.25, -0.2) is 0 Å². The van der Waals surface area contributed by atoms with Crippen molar-refractivity contribution in [3.8, 4) is 0 Å². The summed E-state index contributed by atoms with van der Waals surface area (Å²) in [6.07, 6.45) is 6.62. The van der Waals surface area contributed by atoms with Gasteiger partial charge in [0.15, 0.2) is 0 Å². The van der Waals surface area contributed by atoms with Gasteiger partial charge >= 0.3 is 0 Å². The summed E-state index contributed by atoms with van der Waals surface area (Å²) in [5.41, 5.74) is 0.812. The van der Waals surface area contributed by atoms with E-state index in [9.17, 15) is 0 Å². The zero-order valence-corrected chi connectivity index (χ0v) is 12.7. The molecule has 0 heterocycles. The van der Waals surface area contributed by atoms with Crippen LogP contribution in [-0.4, -0.2) is 24.8 Å². The Morgan fingerprint density at radius 1 is 1.12 bits per heavy atom. The van der Waals surface area contributed by atoms with Crippen LogP contribution < -0.4 is 5.32 Å². The Labute approximate surface area is 108 Å². The number of methoxy groups -OCH3 is 1. The van der Waals surface area contributed by atoms with Crippen LogP contribution in [0.25, 0.3) is 0 Å². The molecule has 102 valence electrons. The van der Waals surface area contributed by atoms with Crippen molar-refractivity contribution in [2.45, 2.75) is 77.9 Å². The van der Waals surface area contributed by atoms with Gasteiger partial charge in [-0.3, -0.25) is 0 Å². The van der Waals surface area contributed by atoms with E-state index in [1.807, 2.05) is 7.11 Å². The van der Waals surface area contributed by atoms with E-state index < -0.39 is 0 Å². The average molecular weight is 241 g/mol. The molecule has 0 saturated heterocycles. The molecule has 2 nitrogen and oxygen atoms in total. The molecule has 0 amide bonds. The molecule has 0 bridgehead atoms. The molecule has 1 fully saturated rings. The van der Waals surface area contributed by atoms with Gasteiger partial charge in [0.05, 0.1) is 5.60 Å². The highest BCUT2D eigenvalue weighted by molar-refractivity contribution is 4.92. The number of ether oxygens (including phenoxy) is 1. The van der Waals surface area contributed by atoms with Gasteiger partial charge in [0.2, 0.25) is 0 Å². The molecule has 0 atom stereocenters. The first-order valence-electron chi connectivity index (χ1n) is 6.98. The van der Waals surface area contributed by atoms with Crippen molar-refractivity contribution in [2.75, 3.05) is 13.7 Å².